The van der Waals surface area contributed by atoms with E-state index in [1.54, 1.807) is 13.8 Å². The number of rotatable bonds is 4. The molecule has 0 aliphatic rings. The first-order valence-corrected chi connectivity index (χ1v) is 6.13. The minimum Gasteiger partial charge on any atom is -0.427 e. The molecule has 1 aromatic rings. The Morgan fingerprint density at radius 1 is 1.24 bits per heavy atom. The Hall–Kier alpha value is -0.505. The molecule has 0 aliphatic heterocycles. The van der Waals surface area contributed by atoms with Crippen LogP contribution in [0.1, 0.15) is 33.3 Å². The Balaban J connectivity index is 2.81. The molecular weight excluding hydrogens is 234 g/mol. The molecule has 0 amide bonds. The van der Waals surface area contributed by atoms with Crippen molar-refractivity contribution < 1.29 is 9.76 Å². The molecule has 94 valence electrons. The van der Waals surface area contributed by atoms with Crippen molar-refractivity contribution >= 4 is 24.5 Å². The van der Waals surface area contributed by atoms with E-state index in [4.69, 9.17) is 16.3 Å². The Morgan fingerprint density at radius 2 is 1.82 bits per heavy atom. The molecule has 17 heavy (non-hydrogen) atoms. The molecule has 0 fully saturated rings. The van der Waals surface area contributed by atoms with Gasteiger partial charge in [-0.25, -0.2) is 0 Å². The van der Waals surface area contributed by atoms with Crippen LogP contribution in [0.3, 0.4) is 0 Å². The highest BCUT2D eigenvalue weighted by Gasteiger charge is 2.35. The second-order valence-electron chi connectivity index (χ2n) is 5.39. The topological polar surface area (TPSA) is 29.5 Å². The molecule has 0 aliphatic carbocycles. The van der Waals surface area contributed by atoms with Crippen molar-refractivity contribution in [3.8, 4) is 0 Å². The summed E-state index contributed by atoms with van der Waals surface area (Å²) in [6.07, 6.45) is 0. The number of benzene rings is 1. The van der Waals surface area contributed by atoms with E-state index in [-0.39, 0.29) is 0 Å². The monoisotopic (exact) mass is 254 g/mol. The number of hydrogen-bond acceptors (Lipinski definition) is 2. The molecule has 0 bridgehead atoms. The van der Waals surface area contributed by atoms with Gasteiger partial charge in [0.25, 0.3) is 0 Å². The van der Waals surface area contributed by atoms with Crippen LogP contribution in [0.4, 0.5) is 0 Å². The summed E-state index contributed by atoms with van der Waals surface area (Å²) in [5.41, 5.74) is 0.552. The summed E-state index contributed by atoms with van der Waals surface area (Å²) in [7, 11) is 0.405. The maximum absolute atomic E-state index is 10.0. The van der Waals surface area contributed by atoms with Crippen molar-refractivity contribution in [2.45, 2.75) is 45.8 Å². The normalized spacial score (nSPS) is 12.6. The zero-order valence-corrected chi connectivity index (χ0v) is 11.9. The van der Waals surface area contributed by atoms with Gasteiger partial charge in [0.2, 0.25) is 0 Å². The Bertz CT molecular complexity index is 377. The van der Waals surface area contributed by atoms with Crippen LogP contribution in [0.5, 0.6) is 0 Å². The second kappa shape index (κ2) is 5.01. The average Bonchev–Trinajstić information content (AvgIpc) is 2.15. The average molecular weight is 255 g/mol. The van der Waals surface area contributed by atoms with Crippen LogP contribution in [0.15, 0.2) is 18.2 Å². The standard InChI is InChI=1S/C13H20BClO2/c1-9-7-6-8-10(15)11(9)14-17-13(4,5)12(2,3)16/h6-8,14,16H,1-5H3. The third-order valence-electron chi connectivity index (χ3n) is 3.40. The van der Waals surface area contributed by atoms with Crippen LogP contribution in [0, 0.1) is 6.92 Å². The maximum Gasteiger partial charge on any atom is 0.311 e. The van der Waals surface area contributed by atoms with Crippen molar-refractivity contribution in [3.05, 3.63) is 28.8 Å². The van der Waals surface area contributed by atoms with Gasteiger partial charge in [-0.15, -0.1) is 0 Å². The van der Waals surface area contributed by atoms with Gasteiger partial charge >= 0.3 is 7.48 Å². The number of halogens is 1. The third-order valence-corrected chi connectivity index (χ3v) is 3.76. The smallest absolute Gasteiger partial charge is 0.311 e. The lowest BCUT2D eigenvalue weighted by Crippen LogP contribution is -2.49. The first-order valence-electron chi connectivity index (χ1n) is 5.75. The zero-order chi connectivity index (χ0) is 13.3. The lowest BCUT2D eigenvalue weighted by Gasteiger charge is -2.37. The number of aryl methyl sites for hydroxylation is 1. The van der Waals surface area contributed by atoms with Crippen LogP contribution in [-0.2, 0) is 4.65 Å². The van der Waals surface area contributed by atoms with Crippen LogP contribution in [-0.4, -0.2) is 23.8 Å². The minimum absolute atomic E-state index is 0.405. The first-order chi connectivity index (χ1) is 7.65. The Labute approximate surface area is 109 Å². The fourth-order valence-electron chi connectivity index (χ4n) is 1.28. The lowest BCUT2D eigenvalue weighted by molar-refractivity contribution is -0.0893. The molecule has 0 saturated heterocycles. The van der Waals surface area contributed by atoms with Crippen LogP contribution in [0.25, 0.3) is 0 Å². The lowest BCUT2D eigenvalue weighted by atomic mass is 9.80. The van der Waals surface area contributed by atoms with Crippen LogP contribution >= 0.6 is 11.6 Å². The van der Waals surface area contributed by atoms with Gasteiger partial charge in [-0.05, 0) is 46.1 Å². The maximum atomic E-state index is 10.0. The molecule has 0 saturated carbocycles. The van der Waals surface area contributed by atoms with Crippen molar-refractivity contribution in [3.63, 3.8) is 0 Å². The van der Waals surface area contributed by atoms with Crippen molar-refractivity contribution in [2.75, 3.05) is 0 Å². The highest BCUT2D eigenvalue weighted by molar-refractivity contribution is 6.54. The fourth-order valence-corrected chi connectivity index (χ4v) is 1.55. The molecule has 1 aromatic carbocycles. The summed E-state index contributed by atoms with van der Waals surface area (Å²) in [5, 5.41) is 10.7. The van der Waals surface area contributed by atoms with E-state index in [1.165, 1.54) is 0 Å². The van der Waals surface area contributed by atoms with Gasteiger partial charge in [-0.2, -0.15) is 0 Å². The van der Waals surface area contributed by atoms with Crippen LogP contribution in [0.2, 0.25) is 5.02 Å². The van der Waals surface area contributed by atoms with Gasteiger partial charge in [0, 0.05) is 5.02 Å². The first kappa shape index (κ1) is 14.6. The van der Waals surface area contributed by atoms with Gasteiger partial charge in [-0.1, -0.05) is 29.3 Å². The van der Waals surface area contributed by atoms with Gasteiger partial charge in [-0.3, -0.25) is 0 Å². The van der Waals surface area contributed by atoms with Crippen molar-refractivity contribution in [1.29, 1.82) is 0 Å². The van der Waals surface area contributed by atoms with Gasteiger partial charge in [0.1, 0.15) is 0 Å². The van der Waals surface area contributed by atoms with E-state index in [0.29, 0.717) is 12.5 Å². The fraction of sp³-hybridized carbons (Fsp3) is 0.538. The molecule has 1 N–H and O–H groups in total. The van der Waals surface area contributed by atoms with E-state index in [1.807, 2.05) is 39.0 Å². The number of hydrogen-bond donors (Lipinski definition) is 1. The molecule has 1 rings (SSSR count). The molecule has 0 spiro atoms. The van der Waals surface area contributed by atoms with Gasteiger partial charge in [0.05, 0.1) is 11.2 Å². The van der Waals surface area contributed by atoms with Crippen molar-refractivity contribution in [2.24, 2.45) is 0 Å². The molecule has 0 heterocycles. The predicted octanol–water partition coefficient (Wildman–Crippen LogP) is 2.19. The Kier molecular flexibility index (Phi) is 4.29. The molecule has 0 radical (unpaired) electrons. The largest absolute Gasteiger partial charge is 0.427 e. The van der Waals surface area contributed by atoms with Crippen LogP contribution < -0.4 is 5.46 Å². The predicted molar refractivity (Wildman–Crippen MR) is 74.4 cm³/mol. The minimum atomic E-state index is -0.901. The molecular formula is C13H20BClO2. The SMILES string of the molecule is Cc1cccc(Cl)c1BOC(C)(C)C(C)(C)O. The van der Waals surface area contributed by atoms with Gasteiger partial charge < -0.3 is 9.76 Å². The Morgan fingerprint density at radius 3 is 2.29 bits per heavy atom. The summed E-state index contributed by atoms with van der Waals surface area (Å²) >= 11 is 6.13. The molecule has 0 atom stereocenters. The third kappa shape index (κ3) is 3.48. The zero-order valence-electron chi connectivity index (χ0n) is 11.2. The van der Waals surface area contributed by atoms with Gasteiger partial charge in [0.15, 0.2) is 0 Å². The summed E-state index contributed by atoms with van der Waals surface area (Å²) in [6, 6.07) is 5.77. The molecule has 0 unspecified atom stereocenters. The number of aliphatic hydroxyl groups is 1. The van der Waals surface area contributed by atoms with E-state index in [9.17, 15) is 5.11 Å². The summed E-state index contributed by atoms with van der Waals surface area (Å²) in [6.45, 7) is 9.24. The molecule has 2 nitrogen and oxygen atoms in total. The highest BCUT2D eigenvalue weighted by atomic mass is 35.5. The highest BCUT2D eigenvalue weighted by Crippen LogP contribution is 2.24. The van der Waals surface area contributed by atoms with E-state index in [0.717, 1.165) is 11.0 Å². The summed E-state index contributed by atoms with van der Waals surface area (Å²) in [5.74, 6) is 0. The van der Waals surface area contributed by atoms with E-state index >= 15 is 0 Å². The van der Waals surface area contributed by atoms with E-state index < -0.39 is 11.2 Å². The molecule has 4 heteroatoms. The van der Waals surface area contributed by atoms with Crippen molar-refractivity contribution in [1.82, 2.24) is 0 Å². The second-order valence-corrected chi connectivity index (χ2v) is 5.80. The summed E-state index contributed by atoms with van der Waals surface area (Å²) < 4.78 is 5.81. The van der Waals surface area contributed by atoms with E-state index in [2.05, 4.69) is 0 Å². The molecule has 0 aromatic heterocycles. The quantitative estimate of drug-likeness (QED) is 0.835. The summed E-state index contributed by atoms with van der Waals surface area (Å²) in [4.78, 5) is 0.